The molecule has 1 aromatic rings. The van der Waals surface area contributed by atoms with Crippen LogP contribution in [0, 0.1) is 0 Å². The fourth-order valence-electron chi connectivity index (χ4n) is 4.13. The second-order valence-electron chi connectivity index (χ2n) is 7.63. The van der Waals surface area contributed by atoms with E-state index in [1.54, 1.807) is 7.11 Å². The third-order valence-electron chi connectivity index (χ3n) is 5.72. The molecule has 3 aliphatic rings. The summed E-state index contributed by atoms with van der Waals surface area (Å²) in [5.41, 5.74) is 1.95. The summed E-state index contributed by atoms with van der Waals surface area (Å²) >= 11 is 0. The molecule has 2 aliphatic heterocycles. The molecule has 6 heteroatoms. The first-order valence-electron chi connectivity index (χ1n) is 10.1. The van der Waals surface area contributed by atoms with Gasteiger partial charge in [-0.15, -0.1) is 0 Å². The van der Waals surface area contributed by atoms with Crippen molar-refractivity contribution >= 4 is 11.6 Å². The Labute approximate surface area is 160 Å². The molecule has 0 bridgehead atoms. The van der Waals surface area contributed by atoms with Gasteiger partial charge in [-0.1, -0.05) is 5.16 Å². The molecule has 1 unspecified atom stereocenters. The molecule has 1 aromatic carbocycles. The van der Waals surface area contributed by atoms with Gasteiger partial charge in [-0.25, -0.2) is 0 Å². The maximum absolute atomic E-state index is 11.7. The highest BCUT2D eigenvalue weighted by Gasteiger charge is 2.27. The Morgan fingerprint density at radius 3 is 2.81 bits per heavy atom. The van der Waals surface area contributed by atoms with Crippen molar-refractivity contribution in [3.05, 3.63) is 23.8 Å². The Morgan fingerprint density at radius 1 is 1.22 bits per heavy atom. The van der Waals surface area contributed by atoms with Crippen LogP contribution in [-0.2, 0) is 9.63 Å². The Bertz CT molecular complexity index is 712. The van der Waals surface area contributed by atoms with E-state index in [1.165, 1.54) is 12.8 Å². The van der Waals surface area contributed by atoms with Crippen molar-refractivity contribution in [2.45, 2.75) is 63.6 Å². The SMILES string of the molecule is COc1ccc(C2=NOC(CCN3CCCC3=O)C2)cc1OC1CCCC1. The van der Waals surface area contributed by atoms with Gasteiger partial charge in [0.25, 0.3) is 0 Å². The molecule has 1 atom stereocenters. The number of ether oxygens (including phenoxy) is 2. The van der Waals surface area contributed by atoms with Crippen LogP contribution < -0.4 is 9.47 Å². The second-order valence-corrected chi connectivity index (χ2v) is 7.63. The van der Waals surface area contributed by atoms with E-state index in [0.717, 1.165) is 68.0 Å². The van der Waals surface area contributed by atoms with E-state index in [1.807, 2.05) is 23.1 Å². The number of hydrogen-bond acceptors (Lipinski definition) is 5. The fourth-order valence-corrected chi connectivity index (χ4v) is 4.13. The molecule has 6 nitrogen and oxygen atoms in total. The molecule has 1 aliphatic carbocycles. The Balaban J connectivity index is 1.37. The zero-order valence-corrected chi connectivity index (χ0v) is 16.0. The lowest BCUT2D eigenvalue weighted by Crippen LogP contribution is -2.28. The van der Waals surface area contributed by atoms with Crippen molar-refractivity contribution in [3.63, 3.8) is 0 Å². The predicted molar refractivity (Wildman–Crippen MR) is 102 cm³/mol. The molecule has 1 amide bonds. The molecule has 146 valence electrons. The number of likely N-dealkylation sites (tertiary alicyclic amines) is 1. The van der Waals surface area contributed by atoms with E-state index < -0.39 is 0 Å². The number of hydrogen-bond donors (Lipinski definition) is 0. The molecule has 0 aromatic heterocycles. The maximum atomic E-state index is 11.7. The van der Waals surface area contributed by atoms with Gasteiger partial charge in [-0.3, -0.25) is 4.79 Å². The minimum absolute atomic E-state index is 0.0368. The molecular formula is C21H28N2O4. The van der Waals surface area contributed by atoms with E-state index in [4.69, 9.17) is 14.3 Å². The van der Waals surface area contributed by atoms with Crippen LogP contribution in [0.3, 0.4) is 0 Å². The van der Waals surface area contributed by atoms with Gasteiger partial charge >= 0.3 is 0 Å². The Hall–Kier alpha value is -2.24. The second kappa shape index (κ2) is 8.19. The summed E-state index contributed by atoms with van der Waals surface area (Å²) in [5.74, 6) is 1.81. The van der Waals surface area contributed by atoms with Crippen molar-refractivity contribution in [2.24, 2.45) is 5.16 Å². The Morgan fingerprint density at radius 2 is 2.07 bits per heavy atom. The molecule has 27 heavy (non-hydrogen) atoms. The molecule has 1 saturated carbocycles. The average molecular weight is 372 g/mol. The highest BCUT2D eigenvalue weighted by molar-refractivity contribution is 6.01. The molecular weight excluding hydrogens is 344 g/mol. The first-order valence-corrected chi connectivity index (χ1v) is 10.1. The molecule has 0 spiro atoms. The molecule has 0 radical (unpaired) electrons. The van der Waals surface area contributed by atoms with Crippen LogP contribution in [-0.4, -0.2) is 48.9 Å². The minimum atomic E-state index is 0.0368. The largest absolute Gasteiger partial charge is 0.493 e. The van der Waals surface area contributed by atoms with Crippen molar-refractivity contribution in [3.8, 4) is 11.5 Å². The third-order valence-corrected chi connectivity index (χ3v) is 5.72. The molecule has 1 saturated heterocycles. The first kappa shape index (κ1) is 18.1. The van der Waals surface area contributed by atoms with Gasteiger partial charge in [0.1, 0.15) is 6.10 Å². The maximum Gasteiger partial charge on any atom is 0.222 e. The Kier molecular flexibility index (Phi) is 5.50. The van der Waals surface area contributed by atoms with Crippen molar-refractivity contribution in [1.82, 2.24) is 4.90 Å². The lowest BCUT2D eigenvalue weighted by Gasteiger charge is -2.17. The van der Waals surface area contributed by atoms with E-state index in [2.05, 4.69) is 5.16 Å². The number of carbonyl (C=O) groups excluding carboxylic acids is 1. The van der Waals surface area contributed by atoms with E-state index >= 15 is 0 Å². The van der Waals surface area contributed by atoms with Crippen LogP contribution in [0.2, 0.25) is 0 Å². The molecule has 0 N–H and O–H groups in total. The molecule has 2 fully saturated rings. The number of nitrogens with zero attached hydrogens (tertiary/aromatic N) is 2. The van der Waals surface area contributed by atoms with Gasteiger partial charge in [0.05, 0.1) is 18.9 Å². The van der Waals surface area contributed by atoms with Crippen LogP contribution in [0.1, 0.15) is 56.9 Å². The van der Waals surface area contributed by atoms with Gasteiger partial charge in [0.2, 0.25) is 5.91 Å². The summed E-state index contributed by atoms with van der Waals surface area (Å²) in [6, 6.07) is 5.97. The molecule has 2 heterocycles. The normalized spacial score (nSPS) is 22.9. The minimum Gasteiger partial charge on any atom is -0.493 e. The van der Waals surface area contributed by atoms with Crippen molar-refractivity contribution < 1.29 is 19.1 Å². The summed E-state index contributed by atoms with van der Waals surface area (Å²) in [5, 5.41) is 4.30. The highest BCUT2D eigenvalue weighted by atomic mass is 16.6. The number of methoxy groups -OCH3 is 1. The van der Waals surface area contributed by atoms with Crippen LogP contribution >= 0.6 is 0 Å². The van der Waals surface area contributed by atoms with E-state index in [0.29, 0.717) is 6.42 Å². The van der Waals surface area contributed by atoms with Gasteiger partial charge < -0.3 is 19.2 Å². The van der Waals surface area contributed by atoms with Crippen molar-refractivity contribution in [2.75, 3.05) is 20.2 Å². The van der Waals surface area contributed by atoms with Crippen LogP contribution in [0.5, 0.6) is 11.5 Å². The number of carbonyl (C=O) groups is 1. The zero-order chi connectivity index (χ0) is 18.6. The number of benzene rings is 1. The van der Waals surface area contributed by atoms with Crippen LogP contribution in [0.25, 0.3) is 0 Å². The smallest absolute Gasteiger partial charge is 0.222 e. The number of rotatable bonds is 7. The summed E-state index contributed by atoms with van der Waals surface area (Å²) in [6.07, 6.45) is 8.23. The van der Waals surface area contributed by atoms with Crippen LogP contribution in [0.4, 0.5) is 0 Å². The average Bonchev–Trinajstić information content (AvgIpc) is 3.42. The first-order chi connectivity index (χ1) is 13.2. The standard InChI is InChI=1S/C21H28N2O4/c1-25-19-9-8-15(13-20(19)26-16-5-2-3-6-16)18-14-17(27-22-18)10-12-23-11-4-7-21(23)24/h8-9,13,16-17H,2-7,10-12,14H2,1H3. The topological polar surface area (TPSA) is 60.4 Å². The van der Waals surface area contributed by atoms with Crippen molar-refractivity contribution in [1.29, 1.82) is 0 Å². The van der Waals surface area contributed by atoms with E-state index in [-0.39, 0.29) is 18.1 Å². The summed E-state index contributed by atoms with van der Waals surface area (Å²) < 4.78 is 11.7. The van der Waals surface area contributed by atoms with Gasteiger partial charge in [-0.05, 0) is 50.3 Å². The molecule has 4 rings (SSSR count). The monoisotopic (exact) mass is 372 g/mol. The number of amides is 1. The lowest BCUT2D eigenvalue weighted by molar-refractivity contribution is -0.128. The number of oxime groups is 1. The summed E-state index contributed by atoms with van der Waals surface area (Å²) in [7, 11) is 1.67. The summed E-state index contributed by atoms with van der Waals surface area (Å²) in [6.45, 7) is 1.63. The predicted octanol–water partition coefficient (Wildman–Crippen LogP) is 3.52. The lowest BCUT2D eigenvalue weighted by atomic mass is 10.0. The highest BCUT2D eigenvalue weighted by Crippen LogP contribution is 2.33. The zero-order valence-electron chi connectivity index (χ0n) is 16.0. The van der Waals surface area contributed by atoms with Crippen LogP contribution in [0.15, 0.2) is 23.4 Å². The van der Waals surface area contributed by atoms with Gasteiger partial charge in [-0.2, -0.15) is 0 Å². The van der Waals surface area contributed by atoms with Gasteiger partial charge in [0, 0.05) is 37.9 Å². The summed E-state index contributed by atoms with van der Waals surface area (Å²) in [4.78, 5) is 19.3. The third kappa shape index (κ3) is 4.20. The van der Waals surface area contributed by atoms with E-state index in [9.17, 15) is 4.79 Å². The quantitative estimate of drug-likeness (QED) is 0.735. The fraction of sp³-hybridized carbons (Fsp3) is 0.619. The van der Waals surface area contributed by atoms with Gasteiger partial charge in [0.15, 0.2) is 11.5 Å².